The highest BCUT2D eigenvalue weighted by Crippen LogP contribution is 2.48. The van der Waals surface area contributed by atoms with Gasteiger partial charge in [0.15, 0.2) is 0 Å². The Hall–Kier alpha value is -1.14. The summed E-state index contributed by atoms with van der Waals surface area (Å²) in [7, 11) is -2.97. The third kappa shape index (κ3) is 4.32. The van der Waals surface area contributed by atoms with E-state index in [1.165, 1.54) is 0 Å². The third-order valence-electron chi connectivity index (χ3n) is 2.20. The van der Waals surface area contributed by atoms with Gasteiger partial charge in [-0.3, -0.25) is 4.57 Å². The zero-order valence-corrected chi connectivity index (χ0v) is 10.9. The Morgan fingerprint density at radius 2 is 2.12 bits per heavy atom. The largest absolute Gasteiger partial charge is 0.330 e. The molecule has 0 aliphatic rings. The normalized spacial score (nSPS) is 13.9. The molecular weight excluding hydrogens is 237 g/mol. The summed E-state index contributed by atoms with van der Waals surface area (Å²) in [6.45, 7) is 4.11. The average Bonchev–Trinajstić information content (AvgIpc) is 2.37. The number of benzene rings is 1. The number of hydrogen-bond acceptors (Lipinski definition) is 4. The van der Waals surface area contributed by atoms with Gasteiger partial charge in [-0.1, -0.05) is 19.1 Å². The SMILES string of the molecule is CCOP(=O)(CC)OCc1cccc(C#N)c1. The molecule has 0 amide bonds. The first-order valence-corrected chi connectivity index (χ1v) is 7.23. The van der Waals surface area contributed by atoms with Gasteiger partial charge in [-0.25, -0.2) is 0 Å². The van der Waals surface area contributed by atoms with Crippen LogP contribution in [0.25, 0.3) is 0 Å². The van der Waals surface area contributed by atoms with Gasteiger partial charge in [0.1, 0.15) is 0 Å². The van der Waals surface area contributed by atoms with Crippen LogP contribution in [0.4, 0.5) is 0 Å². The summed E-state index contributed by atoms with van der Waals surface area (Å²) < 4.78 is 22.5. The van der Waals surface area contributed by atoms with Crippen molar-refractivity contribution in [1.82, 2.24) is 0 Å². The average molecular weight is 253 g/mol. The van der Waals surface area contributed by atoms with E-state index in [-0.39, 0.29) is 6.61 Å². The summed E-state index contributed by atoms with van der Waals surface area (Å²) in [5, 5.41) is 8.75. The molecule has 1 atom stereocenters. The molecule has 4 nitrogen and oxygen atoms in total. The first-order chi connectivity index (χ1) is 8.13. The van der Waals surface area contributed by atoms with Crippen LogP contribution in [0.1, 0.15) is 25.0 Å². The molecule has 0 heterocycles. The summed E-state index contributed by atoms with van der Waals surface area (Å²) in [4.78, 5) is 0. The highest BCUT2D eigenvalue weighted by Gasteiger charge is 2.20. The fourth-order valence-corrected chi connectivity index (χ4v) is 2.50. The van der Waals surface area contributed by atoms with Crippen molar-refractivity contribution in [3.05, 3.63) is 35.4 Å². The van der Waals surface area contributed by atoms with E-state index in [1.807, 2.05) is 12.1 Å². The molecule has 0 spiro atoms. The van der Waals surface area contributed by atoms with Crippen molar-refractivity contribution >= 4 is 7.60 Å². The summed E-state index contributed by atoms with van der Waals surface area (Å²) >= 11 is 0. The molecule has 0 fully saturated rings. The van der Waals surface area contributed by atoms with Crippen molar-refractivity contribution in [2.24, 2.45) is 0 Å². The van der Waals surface area contributed by atoms with Crippen LogP contribution in [0.2, 0.25) is 0 Å². The molecule has 5 heteroatoms. The lowest BCUT2D eigenvalue weighted by molar-refractivity contribution is 0.206. The minimum atomic E-state index is -2.97. The topological polar surface area (TPSA) is 59.3 Å². The Morgan fingerprint density at radius 3 is 2.71 bits per heavy atom. The third-order valence-corrected chi connectivity index (χ3v) is 4.15. The molecular formula is C12H16NO3P. The van der Waals surface area contributed by atoms with Gasteiger partial charge in [-0.05, 0) is 24.6 Å². The number of rotatable bonds is 6. The van der Waals surface area contributed by atoms with Crippen molar-refractivity contribution in [1.29, 1.82) is 5.26 Å². The van der Waals surface area contributed by atoms with Gasteiger partial charge in [0.05, 0.1) is 24.8 Å². The lowest BCUT2D eigenvalue weighted by atomic mass is 10.1. The van der Waals surface area contributed by atoms with E-state index in [1.54, 1.807) is 32.0 Å². The van der Waals surface area contributed by atoms with Crippen LogP contribution in [-0.2, 0) is 20.2 Å². The van der Waals surface area contributed by atoms with Crippen molar-refractivity contribution in [3.8, 4) is 6.07 Å². The predicted molar refractivity (Wildman–Crippen MR) is 65.7 cm³/mol. The van der Waals surface area contributed by atoms with Gasteiger partial charge in [0, 0.05) is 6.16 Å². The molecule has 0 aliphatic heterocycles. The van der Waals surface area contributed by atoms with Gasteiger partial charge in [0.25, 0.3) is 0 Å². The molecule has 0 saturated heterocycles. The molecule has 0 bridgehead atoms. The highest BCUT2D eigenvalue weighted by molar-refractivity contribution is 7.53. The maximum Gasteiger partial charge on any atom is 0.330 e. The molecule has 0 saturated carbocycles. The van der Waals surface area contributed by atoms with E-state index in [4.69, 9.17) is 14.3 Å². The number of nitriles is 1. The minimum absolute atomic E-state index is 0.195. The molecule has 1 aromatic carbocycles. The molecule has 1 rings (SSSR count). The molecule has 1 aromatic rings. The Balaban J connectivity index is 2.66. The zero-order valence-electron chi connectivity index (χ0n) is 10.0. The second-order valence-electron chi connectivity index (χ2n) is 3.43. The second kappa shape index (κ2) is 6.56. The molecule has 0 aromatic heterocycles. The second-order valence-corrected chi connectivity index (χ2v) is 5.80. The van der Waals surface area contributed by atoms with Crippen molar-refractivity contribution < 1.29 is 13.6 Å². The monoisotopic (exact) mass is 253 g/mol. The van der Waals surface area contributed by atoms with E-state index in [0.717, 1.165) is 5.56 Å². The maximum atomic E-state index is 12.0. The van der Waals surface area contributed by atoms with Crippen LogP contribution >= 0.6 is 7.60 Å². The summed E-state index contributed by atoms with van der Waals surface area (Å²) in [6, 6.07) is 9.07. The van der Waals surface area contributed by atoms with E-state index >= 15 is 0 Å². The number of nitrogens with zero attached hydrogens (tertiary/aromatic N) is 1. The Labute approximate surface area is 102 Å². The van der Waals surface area contributed by atoms with Gasteiger partial charge >= 0.3 is 7.60 Å². The van der Waals surface area contributed by atoms with Crippen LogP contribution in [0.5, 0.6) is 0 Å². The summed E-state index contributed by atoms with van der Waals surface area (Å²) in [6.07, 6.45) is 0.346. The van der Waals surface area contributed by atoms with Gasteiger partial charge in [-0.2, -0.15) is 5.26 Å². The van der Waals surface area contributed by atoms with E-state index < -0.39 is 7.60 Å². The highest BCUT2D eigenvalue weighted by atomic mass is 31.2. The zero-order chi connectivity index (χ0) is 12.7. The molecule has 1 unspecified atom stereocenters. The fourth-order valence-electron chi connectivity index (χ4n) is 1.32. The molecule has 92 valence electrons. The Kier molecular flexibility index (Phi) is 5.37. The Morgan fingerprint density at radius 1 is 1.35 bits per heavy atom. The lowest BCUT2D eigenvalue weighted by Gasteiger charge is -2.15. The summed E-state index contributed by atoms with van der Waals surface area (Å²) in [5.41, 5.74) is 1.38. The fraction of sp³-hybridized carbons (Fsp3) is 0.417. The van der Waals surface area contributed by atoms with E-state index in [9.17, 15) is 4.57 Å². The van der Waals surface area contributed by atoms with Gasteiger partial charge in [-0.15, -0.1) is 0 Å². The van der Waals surface area contributed by atoms with Crippen LogP contribution in [-0.4, -0.2) is 12.8 Å². The lowest BCUT2D eigenvalue weighted by Crippen LogP contribution is -1.98. The minimum Gasteiger partial charge on any atom is -0.309 e. The van der Waals surface area contributed by atoms with Crippen molar-refractivity contribution in [3.63, 3.8) is 0 Å². The first-order valence-electron chi connectivity index (χ1n) is 5.50. The van der Waals surface area contributed by atoms with Crippen molar-refractivity contribution in [2.75, 3.05) is 12.8 Å². The predicted octanol–water partition coefficient (Wildman–Crippen LogP) is 3.32. The van der Waals surface area contributed by atoms with Crippen LogP contribution < -0.4 is 0 Å². The molecule has 0 N–H and O–H groups in total. The Bertz CT molecular complexity index is 453. The molecule has 0 radical (unpaired) electrons. The smallest absolute Gasteiger partial charge is 0.309 e. The molecule has 0 aliphatic carbocycles. The van der Waals surface area contributed by atoms with Crippen molar-refractivity contribution in [2.45, 2.75) is 20.5 Å². The summed E-state index contributed by atoms with van der Waals surface area (Å²) in [5.74, 6) is 0. The van der Waals surface area contributed by atoms with E-state index in [0.29, 0.717) is 18.3 Å². The number of hydrogen-bond donors (Lipinski definition) is 0. The van der Waals surface area contributed by atoms with Crippen LogP contribution in [0.15, 0.2) is 24.3 Å². The van der Waals surface area contributed by atoms with Gasteiger partial charge in [0.2, 0.25) is 0 Å². The van der Waals surface area contributed by atoms with Crippen LogP contribution in [0, 0.1) is 11.3 Å². The van der Waals surface area contributed by atoms with Crippen LogP contribution in [0.3, 0.4) is 0 Å². The quantitative estimate of drug-likeness (QED) is 0.729. The standard InChI is InChI=1S/C12H16NO3P/c1-3-15-17(14,4-2)16-10-12-7-5-6-11(8-12)9-13/h5-8H,3-4,10H2,1-2H3. The van der Waals surface area contributed by atoms with E-state index in [2.05, 4.69) is 0 Å². The molecule has 17 heavy (non-hydrogen) atoms. The van der Waals surface area contributed by atoms with Gasteiger partial charge < -0.3 is 9.05 Å². The first kappa shape index (κ1) is 13.9. The maximum absolute atomic E-state index is 12.0.